The van der Waals surface area contributed by atoms with E-state index in [1.807, 2.05) is 39.9 Å². The Kier molecular flexibility index (Phi) is 4.00. The van der Waals surface area contributed by atoms with Crippen LogP contribution in [0.15, 0.2) is 30.5 Å². The number of anilines is 1. The van der Waals surface area contributed by atoms with Crippen LogP contribution in [-0.2, 0) is 11.3 Å². The van der Waals surface area contributed by atoms with Gasteiger partial charge in [-0.05, 0) is 36.4 Å². The largest absolute Gasteiger partial charge is 0.358 e. The maximum Gasteiger partial charge on any atom is 0.321 e. The third-order valence-electron chi connectivity index (χ3n) is 4.01. The number of urea groups is 1. The van der Waals surface area contributed by atoms with Gasteiger partial charge >= 0.3 is 6.03 Å². The summed E-state index contributed by atoms with van der Waals surface area (Å²) in [6.45, 7) is 1.91. The number of carbonyl (C=O) groups is 2. The molecule has 3 rings (SSSR count). The van der Waals surface area contributed by atoms with Crippen molar-refractivity contribution in [2.24, 2.45) is 0 Å². The molecule has 116 valence electrons. The summed E-state index contributed by atoms with van der Waals surface area (Å²) in [7, 11) is 1.62. The van der Waals surface area contributed by atoms with E-state index in [1.54, 1.807) is 7.05 Å². The smallest absolute Gasteiger partial charge is 0.321 e. The van der Waals surface area contributed by atoms with E-state index in [-0.39, 0.29) is 18.5 Å². The first kappa shape index (κ1) is 14.4. The zero-order valence-corrected chi connectivity index (χ0v) is 12.6. The average Bonchev–Trinajstić information content (AvgIpc) is 3.17. The maximum atomic E-state index is 12.1. The topological polar surface area (TPSA) is 66.4 Å². The van der Waals surface area contributed by atoms with E-state index < -0.39 is 0 Å². The number of likely N-dealkylation sites (tertiary alicyclic amines) is 1. The number of aromatic nitrogens is 1. The first-order valence-electron chi connectivity index (χ1n) is 7.53. The minimum absolute atomic E-state index is 0.0518. The number of hydrogen-bond donors (Lipinski definition) is 2. The van der Waals surface area contributed by atoms with Crippen LogP contribution in [0, 0.1) is 0 Å². The fraction of sp³-hybridized carbons (Fsp3) is 0.375. The van der Waals surface area contributed by atoms with Gasteiger partial charge in [-0.2, -0.15) is 0 Å². The lowest BCUT2D eigenvalue weighted by Gasteiger charge is -2.16. The number of amides is 3. The van der Waals surface area contributed by atoms with Gasteiger partial charge in [0.15, 0.2) is 0 Å². The molecule has 0 atom stereocenters. The Balaban J connectivity index is 1.80. The van der Waals surface area contributed by atoms with Gasteiger partial charge in [0.25, 0.3) is 0 Å². The van der Waals surface area contributed by atoms with E-state index in [0.29, 0.717) is 0 Å². The molecular weight excluding hydrogens is 280 g/mol. The van der Waals surface area contributed by atoms with Crippen molar-refractivity contribution in [3.8, 4) is 0 Å². The van der Waals surface area contributed by atoms with Crippen molar-refractivity contribution < 1.29 is 9.59 Å². The van der Waals surface area contributed by atoms with E-state index in [1.165, 1.54) is 0 Å². The first-order valence-corrected chi connectivity index (χ1v) is 7.53. The number of nitrogens with zero attached hydrogens (tertiary/aromatic N) is 2. The van der Waals surface area contributed by atoms with Crippen molar-refractivity contribution in [1.82, 2.24) is 14.8 Å². The summed E-state index contributed by atoms with van der Waals surface area (Å²) in [6.07, 6.45) is 4.02. The highest BCUT2D eigenvalue weighted by Gasteiger charge is 2.18. The first-order chi connectivity index (χ1) is 10.7. The SMILES string of the molecule is CNC(=O)Cn1ccc2ccc(NC(=O)N3CCCC3)cc21. The molecule has 0 spiro atoms. The van der Waals surface area contributed by atoms with Crippen molar-refractivity contribution in [3.63, 3.8) is 0 Å². The number of likely N-dealkylation sites (N-methyl/N-ethyl adjacent to an activating group) is 1. The Morgan fingerprint density at radius 2 is 1.95 bits per heavy atom. The highest BCUT2D eigenvalue weighted by molar-refractivity contribution is 5.93. The molecule has 2 aromatic rings. The molecule has 0 aliphatic carbocycles. The minimum Gasteiger partial charge on any atom is -0.358 e. The number of rotatable bonds is 3. The number of carbonyl (C=O) groups excluding carboxylic acids is 2. The predicted octanol–water partition coefficient (Wildman–Crippen LogP) is 2.01. The van der Waals surface area contributed by atoms with Crippen molar-refractivity contribution in [2.75, 3.05) is 25.5 Å². The van der Waals surface area contributed by atoms with E-state index in [0.717, 1.165) is 42.5 Å². The molecule has 1 saturated heterocycles. The molecule has 2 heterocycles. The Morgan fingerprint density at radius 3 is 2.68 bits per heavy atom. The van der Waals surface area contributed by atoms with Crippen LogP contribution in [-0.4, -0.2) is 41.5 Å². The van der Waals surface area contributed by atoms with Gasteiger partial charge in [-0.15, -0.1) is 0 Å². The van der Waals surface area contributed by atoms with Crippen molar-refractivity contribution in [3.05, 3.63) is 30.5 Å². The maximum absolute atomic E-state index is 12.1. The molecule has 1 aromatic heterocycles. The van der Waals surface area contributed by atoms with Crippen LogP contribution >= 0.6 is 0 Å². The summed E-state index contributed by atoms with van der Waals surface area (Å²) in [5.41, 5.74) is 1.68. The molecule has 1 aliphatic heterocycles. The Labute approximate surface area is 129 Å². The molecule has 2 N–H and O–H groups in total. The van der Waals surface area contributed by atoms with Gasteiger partial charge in [0, 0.05) is 32.0 Å². The van der Waals surface area contributed by atoms with E-state index >= 15 is 0 Å². The summed E-state index contributed by atoms with van der Waals surface area (Å²) in [5.74, 6) is -0.0518. The Morgan fingerprint density at radius 1 is 1.18 bits per heavy atom. The number of fused-ring (bicyclic) bond motifs is 1. The molecule has 3 amide bonds. The highest BCUT2D eigenvalue weighted by atomic mass is 16.2. The molecule has 0 unspecified atom stereocenters. The lowest BCUT2D eigenvalue weighted by atomic mass is 10.2. The second kappa shape index (κ2) is 6.09. The zero-order chi connectivity index (χ0) is 15.5. The third kappa shape index (κ3) is 2.90. The van der Waals surface area contributed by atoms with E-state index in [4.69, 9.17) is 0 Å². The molecule has 6 heteroatoms. The summed E-state index contributed by atoms with van der Waals surface area (Å²) in [5, 5.41) is 6.59. The summed E-state index contributed by atoms with van der Waals surface area (Å²) >= 11 is 0. The molecule has 0 bridgehead atoms. The van der Waals surface area contributed by atoms with Gasteiger partial charge < -0.3 is 20.1 Å². The van der Waals surface area contributed by atoms with Crippen LogP contribution in [0.2, 0.25) is 0 Å². The number of benzene rings is 1. The summed E-state index contributed by atoms with van der Waals surface area (Å²) in [4.78, 5) is 25.5. The van der Waals surface area contributed by atoms with Crippen molar-refractivity contribution in [1.29, 1.82) is 0 Å². The monoisotopic (exact) mass is 300 g/mol. The van der Waals surface area contributed by atoms with Gasteiger partial charge in [0.2, 0.25) is 5.91 Å². The van der Waals surface area contributed by atoms with Crippen molar-refractivity contribution in [2.45, 2.75) is 19.4 Å². The second-order valence-corrected chi connectivity index (χ2v) is 5.51. The van der Waals surface area contributed by atoms with Gasteiger partial charge in [0.05, 0.1) is 5.52 Å². The van der Waals surface area contributed by atoms with Crippen LogP contribution in [0.4, 0.5) is 10.5 Å². The van der Waals surface area contributed by atoms with Crippen LogP contribution in [0.5, 0.6) is 0 Å². The van der Waals surface area contributed by atoms with Gasteiger partial charge in [-0.3, -0.25) is 4.79 Å². The molecule has 6 nitrogen and oxygen atoms in total. The van der Waals surface area contributed by atoms with E-state index in [9.17, 15) is 9.59 Å². The highest BCUT2D eigenvalue weighted by Crippen LogP contribution is 2.21. The molecular formula is C16H20N4O2. The van der Waals surface area contributed by atoms with Gasteiger partial charge in [0.1, 0.15) is 6.54 Å². The molecule has 0 radical (unpaired) electrons. The molecule has 0 saturated carbocycles. The lowest BCUT2D eigenvalue weighted by molar-refractivity contribution is -0.121. The average molecular weight is 300 g/mol. The lowest BCUT2D eigenvalue weighted by Crippen LogP contribution is -2.32. The normalized spacial score (nSPS) is 14.3. The molecule has 1 fully saturated rings. The van der Waals surface area contributed by atoms with E-state index in [2.05, 4.69) is 10.6 Å². The van der Waals surface area contributed by atoms with Gasteiger partial charge in [-0.1, -0.05) is 6.07 Å². The van der Waals surface area contributed by atoms with Crippen LogP contribution in [0.3, 0.4) is 0 Å². The Hall–Kier alpha value is -2.50. The zero-order valence-electron chi connectivity index (χ0n) is 12.6. The quantitative estimate of drug-likeness (QED) is 0.910. The second-order valence-electron chi connectivity index (χ2n) is 5.51. The van der Waals surface area contributed by atoms with Crippen molar-refractivity contribution >= 4 is 28.5 Å². The van der Waals surface area contributed by atoms with Crippen LogP contribution < -0.4 is 10.6 Å². The van der Waals surface area contributed by atoms with Crippen LogP contribution in [0.25, 0.3) is 10.9 Å². The summed E-state index contributed by atoms with van der Waals surface area (Å²) < 4.78 is 1.87. The number of hydrogen-bond acceptors (Lipinski definition) is 2. The molecule has 22 heavy (non-hydrogen) atoms. The standard InChI is InChI=1S/C16H20N4O2/c1-17-15(21)11-20-9-6-12-4-5-13(10-14(12)20)18-16(22)19-7-2-3-8-19/h4-6,9-10H,2-3,7-8,11H2,1H3,(H,17,21)(H,18,22). The predicted molar refractivity (Wildman–Crippen MR) is 85.8 cm³/mol. The minimum atomic E-state index is -0.0544. The van der Waals surface area contributed by atoms with Gasteiger partial charge in [-0.25, -0.2) is 4.79 Å². The molecule has 1 aromatic carbocycles. The number of nitrogens with one attached hydrogen (secondary N) is 2. The van der Waals surface area contributed by atoms with Crippen LogP contribution in [0.1, 0.15) is 12.8 Å². The third-order valence-corrected chi connectivity index (χ3v) is 4.01. The fourth-order valence-electron chi connectivity index (χ4n) is 2.76. The summed E-state index contributed by atoms with van der Waals surface area (Å²) in [6, 6.07) is 7.66. The fourth-order valence-corrected chi connectivity index (χ4v) is 2.76. The Bertz CT molecular complexity index is 701. The molecule has 1 aliphatic rings.